The number of hydrogen-bond acceptors (Lipinski definition) is 6. The number of H-pyrrole nitrogens is 1. The first-order valence-corrected chi connectivity index (χ1v) is 12.2. The smallest absolute Gasteiger partial charge is 0.255 e. The Morgan fingerprint density at radius 3 is 2.61 bits per heavy atom. The highest BCUT2D eigenvalue weighted by Crippen LogP contribution is 2.15. The summed E-state index contributed by atoms with van der Waals surface area (Å²) in [6.45, 7) is 5.64. The van der Waals surface area contributed by atoms with Crippen molar-refractivity contribution in [2.75, 3.05) is 31.2 Å². The Morgan fingerprint density at radius 1 is 1.08 bits per heavy atom. The number of aromatic nitrogens is 4. The standard InChI is InChI=1S/C27H30N6O3/c1-19-22(26(35)31-27(30-19)32-12-14-36-15-13-32)10-11-25(34)28-16-20-6-8-21(9-7-20)17-33-18-29-23-4-2-3-5-24(23)33/h2-9,18H,10-17H2,1H3,(H,28,34)(H,30,31,35). The van der Waals surface area contributed by atoms with Crippen LogP contribution >= 0.6 is 0 Å². The van der Waals surface area contributed by atoms with Gasteiger partial charge in [0.2, 0.25) is 11.9 Å². The van der Waals surface area contributed by atoms with Crippen molar-refractivity contribution in [2.45, 2.75) is 32.9 Å². The molecule has 3 heterocycles. The molecule has 9 nitrogen and oxygen atoms in total. The summed E-state index contributed by atoms with van der Waals surface area (Å²) >= 11 is 0. The van der Waals surface area contributed by atoms with Gasteiger partial charge < -0.3 is 19.5 Å². The largest absolute Gasteiger partial charge is 0.378 e. The Bertz CT molecular complexity index is 1400. The van der Waals surface area contributed by atoms with E-state index in [1.54, 1.807) is 0 Å². The average Bonchev–Trinajstić information content (AvgIpc) is 3.31. The quantitative estimate of drug-likeness (QED) is 0.397. The molecular formula is C27H30N6O3. The van der Waals surface area contributed by atoms with Crippen LogP contribution in [0.5, 0.6) is 0 Å². The van der Waals surface area contributed by atoms with E-state index in [9.17, 15) is 9.59 Å². The Labute approximate surface area is 209 Å². The number of nitrogens with one attached hydrogen (secondary N) is 2. The second-order valence-electron chi connectivity index (χ2n) is 9.01. The number of morpholine rings is 1. The lowest BCUT2D eigenvalue weighted by molar-refractivity contribution is -0.121. The first-order valence-electron chi connectivity index (χ1n) is 12.2. The number of ether oxygens (including phenoxy) is 1. The molecule has 1 aliphatic rings. The summed E-state index contributed by atoms with van der Waals surface area (Å²) in [4.78, 5) is 39.0. The minimum absolute atomic E-state index is 0.0972. The van der Waals surface area contributed by atoms with E-state index in [0.717, 1.165) is 28.7 Å². The zero-order valence-corrected chi connectivity index (χ0v) is 20.4. The molecule has 2 N–H and O–H groups in total. The van der Waals surface area contributed by atoms with E-state index in [0.29, 0.717) is 56.5 Å². The molecule has 1 fully saturated rings. The number of nitrogens with zero attached hydrogens (tertiary/aromatic N) is 4. The molecule has 0 atom stereocenters. The Hall–Kier alpha value is -3.98. The summed E-state index contributed by atoms with van der Waals surface area (Å²) in [6.07, 6.45) is 2.44. The fourth-order valence-corrected chi connectivity index (χ4v) is 4.44. The Kier molecular flexibility index (Phi) is 7.08. The minimum Gasteiger partial charge on any atom is -0.378 e. The number of rotatable bonds is 8. The van der Waals surface area contributed by atoms with Crippen LogP contribution in [-0.4, -0.2) is 51.7 Å². The second kappa shape index (κ2) is 10.7. The summed E-state index contributed by atoms with van der Waals surface area (Å²) in [5.74, 6) is 0.471. The molecule has 2 aromatic heterocycles. The number of aromatic amines is 1. The van der Waals surface area contributed by atoms with E-state index in [1.807, 2.05) is 48.5 Å². The molecule has 0 saturated carbocycles. The van der Waals surface area contributed by atoms with Crippen LogP contribution in [0.25, 0.3) is 11.0 Å². The SMILES string of the molecule is Cc1nc(N2CCOCC2)[nH]c(=O)c1CCC(=O)NCc1ccc(Cn2cnc3ccccc32)cc1. The lowest BCUT2D eigenvalue weighted by Gasteiger charge is -2.27. The van der Waals surface area contributed by atoms with Gasteiger partial charge in [-0.05, 0) is 36.6 Å². The highest BCUT2D eigenvalue weighted by molar-refractivity contribution is 5.76. The van der Waals surface area contributed by atoms with Gasteiger partial charge in [-0.15, -0.1) is 0 Å². The van der Waals surface area contributed by atoms with Crippen LogP contribution in [0, 0.1) is 6.92 Å². The van der Waals surface area contributed by atoms with Crippen molar-refractivity contribution in [1.29, 1.82) is 0 Å². The molecule has 0 spiro atoms. The maximum Gasteiger partial charge on any atom is 0.255 e. The number of benzene rings is 2. The molecule has 0 unspecified atom stereocenters. The molecule has 9 heteroatoms. The zero-order valence-electron chi connectivity index (χ0n) is 20.4. The number of amides is 1. The lowest BCUT2D eigenvalue weighted by atomic mass is 10.1. The Balaban J connectivity index is 1.12. The third-order valence-corrected chi connectivity index (χ3v) is 6.52. The molecule has 2 aromatic carbocycles. The number of aryl methyl sites for hydroxylation is 1. The van der Waals surface area contributed by atoms with Crippen LogP contribution in [0.3, 0.4) is 0 Å². The van der Waals surface area contributed by atoms with Crippen LogP contribution in [0.1, 0.15) is 28.8 Å². The number of fused-ring (bicyclic) bond motifs is 1. The number of carbonyl (C=O) groups excluding carboxylic acids is 1. The van der Waals surface area contributed by atoms with Crippen molar-refractivity contribution in [3.8, 4) is 0 Å². The van der Waals surface area contributed by atoms with Gasteiger partial charge in [0, 0.05) is 43.9 Å². The van der Waals surface area contributed by atoms with E-state index in [4.69, 9.17) is 4.74 Å². The molecule has 1 amide bonds. The average molecular weight is 487 g/mol. The molecular weight excluding hydrogens is 456 g/mol. The summed E-state index contributed by atoms with van der Waals surface area (Å²) in [6, 6.07) is 16.3. The van der Waals surface area contributed by atoms with Crippen LogP contribution in [0.2, 0.25) is 0 Å². The van der Waals surface area contributed by atoms with Gasteiger partial charge in [-0.1, -0.05) is 36.4 Å². The van der Waals surface area contributed by atoms with Gasteiger partial charge in [0.05, 0.1) is 30.6 Å². The van der Waals surface area contributed by atoms with Gasteiger partial charge in [-0.25, -0.2) is 9.97 Å². The van der Waals surface area contributed by atoms with Crippen LogP contribution < -0.4 is 15.8 Å². The Morgan fingerprint density at radius 2 is 1.83 bits per heavy atom. The van der Waals surface area contributed by atoms with Gasteiger partial charge in [0.1, 0.15) is 0 Å². The van der Waals surface area contributed by atoms with E-state index in [-0.39, 0.29) is 17.9 Å². The van der Waals surface area contributed by atoms with Crippen molar-refractivity contribution >= 4 is 22.9 Å². The third-order valence-electron chi connectivity index (χ3n) is 6.52. The number of anilines is 1. The van der Waals surface area contributed by atoms with Crippen LogP contribution in [0.15, 0.2) is 59.7 Å². The van der Waals surface area contributed by atoms with Crippen molar-refractivity contribution in [3.63, 3.8) is 0 Å². The van der Waals surface area contributed by atoms with Crippen molar-refractivity contribution < 1.29 is 9.53 Å². The first kappa shape index (κ1) is 23.7. The van der Waals surface area contributed by atoms with Crippen molar-refractivity contribution in [1.82, 2.24) is 24.8 Å². The normalized spacial score (nSPS) is 13.8. The monoisotopic (exact) mass is 486 g/mol. The third kappa shape index (κ3) is 5.46. The first-order chi connectivity index (χ1) is 17.6. The molecule has 0 bridgehead atoms. The minimum atomic E-state index is -0.182. The number of imidazole rings is 1. The van der Waals surface area contributed by atoms with E-state index >= 15 is 0 Å². The van der Waals surface area contributed by atoms with Crippen LogP contribution in [-0.2, 0) is 29.0 Å². The molecule has 5 rings (SSSR count). The lowest BCUT2D eigenvalue weighted by Crippen LogP contribution is -2.38. The fraction of sp³-hybridized carbons (Fsp3) is 0.333. The molecule has 4 aromatic rings. The van der Waals surface area contributed by atoms with E-state index in [1.165, 1.54) is 0 Å². The van der Waals surface area contributed by atoms with Crippen molar-refractivity contribution in [3.05, 3.63) is 87.6 Å². The number of hydrogen-bond donors (Lipinski definition) is 2. The maximum absolute atomic E-state index is 12.6. The van der Waals surface area contributed by atoms with Gasteiger partial charge in [0.25, 0.3) is 5.56 Å². The van der Waals surface area contributed by atoms with Gasteiger partial charge in [-0.3, -0.25) is 14.6 Å². The number of carbonyl (C=O) groups is 1. The molecule has 1 saturated heterocycles. The zero-order chi connectivity index (χ0) is 24.9. The predicted molar refractivity (Wildman–Crippen MR) is 138 cm³/mol. The molecule has 36 heavy (non-hydrogen) atoms. The topological polar surface area (TPSA) is 105 Å². The van der Waals surface area contributed by atoms with E-state index in [2.05, 4.69) is 43.0 Å². The molecule has 186 valence electrons. The van der Waals surface area contributed by atoms with Gasteiger partial charge in [0.15, 0.2) is 0 Å². The molecule has 1 aliphatic heterocycles. The predicted octanol–water partition coefficient (Wildman–Crippen LogP) is 2.56. The van der Waals surface area contributed by atoms with Crippen LogP contribution in [0.4, 0.5) is 5.95 Å². The number of para-hydroxylation sites is 2. The second-order valence-corrected chi connectivity index (χ2v) is 9.01. The summed E-state index contributed by atoms with van der Waals surface area (Å²) in [7, 11) is 0. The molecule has 0 aliphatic carbocycles. The van der Waals surface area contributed by atoms with Gasteiger partial charge >= 0.3 is 0 Å². The summed E-state index contributed by atoms with van der Waals surface area (Å²) in [5, 5.41) is 2.95. The maximum atomic E-state index is 12.6. The van der Waals surface area contributed by atoms with E-state index < -0.39 is 0 Å². The highest BCUT2D eigenvalue weighted by Gasteiger charge is 2.16. The summed E-state index contributed by atoms with van der Waals surface area (Å²) in [5.41, 5.74) is 5.31. The van der Waals surface area contributed by atoms with Gasteiger partial charge in [-0.2, -0.15) is 0 Å². The van der Waals surface area contributed by atoms with Crippen molar-refractivity contribution in [2.24, 2.45) is 0 Å². The fourth-order valence-electron chi connectivity index (χ4n) is 4.44. The highest BCUT2D eigenvalue weighted by atomic mass is 16.5. The molecule has 0 radical (unpaired) electrons. The summed E-state index contributed by atoms with van der Waals surface area (Å²) < 4.78 is 7.48.